The third-order valence-corrected chi connectivity index (χ3v) is 6.08. The number of sulfone groups is 1. The highest BCUT2D eigenvalue weighted by Crippen LogP contribution is 2.35. The highest BCUT2D eigenvalue weighted by molar-refractivity contribution is 7.90. The van der Waals surface area contributed by atoms with Gasteiger partial charge in [0, 0.05) is 11.8 Å². The first kappa shape index (κ1) is 17.2. The monoisotopic (exact) mass is 400 g/mol. The third-order valence-electron chi connectivity index (χ3n) is 3.22. The van der Waals surface area contributed by atoms with Crippen molar-refractivity contribution in [1.82, 2.24) is 4.98 Å². The van der Waals surface area contributed by atoms with E-state index in [2.05, 4.69) is 10.3 Å². The van der Waals surface area contributed by atoms with Gasteiger partial charge in [0.2, 0.25) is 0 Å². The molecule has 3 aromatic rings. The van der Waals surface area contributed by atoms with E-state index in [0.29, 0.717) is 26.3 Å². The lowest BCUT2D eigenvalue weighted by molar-refractivity contribution is 0.102. The van der Waals surface area contributed by atoms with Crippen LogP contribution >= 0.6 is 34.5 Å². The van der Waals surface area contributed by atoms with Gasteiger partial charge in [0.05, 0.1) is 19.6 Å². The third kappa shape index (κ3) is 3.39. The summed E-state index contributed by atoms with van der Waals surface area (Å²) in [6, 6.07) is 9.11. The number of aromatic nitrogens is 1. The number of amides is 1. The van der Waals surface area contributed by atoms with Crippen LogP contribution in [-0.4, -0.2) is 25.6 Å². The van der Waals surface area contributed by atoms with E-state index in [9.17, 15) is 13.2 Å². The van der Waals surface area contributed by atoms with Crippen LogP contribution in [0, 0.1) is 0 Å². The van der Waals surface area contributed by atoms with Crippen LogP contribution in [0.15, 0.2) is 41.3 Å². The molecule has 0 atom stereocenters. The molecule has 1 amide bonds. The van der Waals surface area contributed by atoms with Gasteiger partial charge in [-0.15, -0.1) is 0 Å². The van der Waals surface area contributed by atoms with Crippen LogP contribution in [0.2, 0.25) is 10.0 Å². The molecule has 124 valence electrons. The van der Waals surface area contributed by atoms with Crippen molar-refractivity contribution in [1.29, 1.82) is 0 Å². The van der Waals surface area contributed by atoms with Crippen molar-refractivity contribution in [3.63, 3.8) is 0 Å². The maximum Gasteiger partial charge on any atom is 0.257 e. The van der Waals surface area contributed by atoms with E-state index >= 15 is 0 Å². The first-order valence-corrected chi connectivity index (χ1v) is 10.1. The molecule has 5 nitrogen and oxygen atoms in total. The fourth-order valence-corrected chi connectivity index (χ4v) is 3.93. The van der Waals surface area contributed by atoms with Gasteiger partial charge >= 0.3 is 0 Å². The zero-order chi connectivity index (χ0) is 17.5. The number of fused-ring (bicyclic) bond motifs is 1. The summed E-state index contributed by atoms with van der Waals surface area (Å²) in [6.07, 6.45) is 1.11. The number of benzene rings is 2. The molecule has 1 N–H and O–H groups in total. The second-order valence-electron chi connectivity index (χ2n) is 4.98. The van der Waals surface area contributed by atoms with E-state index in [1.807, 2.05) is 0 Å². The van der Waals surface area contributed by atoms with Gasteiger partial charge in [-0.2, -0.15) is 0 Å². The Morgan fingerprint density at radius 1 is 1.12 bits per heavy atom. The standard InChI is InChI=1S/C15H10Cl2N2O3S2/c1-24(21,22)9-4-2-8(3-5-9)14(20)19-15-18-13-11(23-15)7-6-10(16)12(13)17/h2-7H,1H3,(H,18,19,20). The molecule has 0 saturated heterocycles. The summed E-state index contributed by atoms with van der Waals surface area (Å²) in [5.41, 5.74) is 0.850. The van der Waals surface area contributed by atoms with Crippen molar-refractivity contribution in [2.75, 3.05) is 11.6 Å². The Kier molecular flexibility index (Phi) is 4.52. The Morgan fingerprint density at radius 2 is 1.79 bits per heavy atom. The van der Waals surface area contributed by atoms with Crippen molar-refractivity contribution in [3.8, 4) is 0 Å². The quantitative estimate of drug-likeness (QED) is 0.712. The Balaban J connectivity index is 1.86. The Hall–Kier alpha value is -1.67. The van der Waals surface area contributed by atoms with E-state index in [4.69, 9.17) is 23.2 Å². The number of thiazole rings is 1. The molecule has 24 heavy (non-hydrogen) atoms. The second-order valence-corrected chi connectivity index (χ2v) is 8.81. The van der Waals surface area contributed by atoms with E-state index in [0.717, 1.165) is 11.0 Å². The summed E-state index contributed by atoms with van der Waals surface area (Å²) >= 11 is 13.3. The Bertz CT molecular complexity index is 1040. The van der Waals surface area contributed by atoms with Crippen LogP contribution in [0.25, 0.3) is 10.2 Å². The molecule has 0 saturated carbocycles. The SMILES string of the molecule is CS(=O)(=O)c1ccc(C(=O)Nc2nc3c(Cl)c(Cl)ccc3s2)cc1. The van der Waals surface area contributed by atoms with Crippen molar-refractivity contribution in [3.05, 3.63) is 52.0 Å². The maximum absolute atomic E-state index is 12.3. The topological polar surface area (TPSA) is 76.1 Å². The second kappa shape index (κ2) is 6.33. The highest BCUT2D eigenvalue weighted by Gasteiger charge is 2.14. The predicted octanol–water partition coefficient (Wildman–Crippen LogP) is 4.26. The van der Waals surface area contributed by atoms with Gasteiger partial charge in [0.1, 0.15) is 5.52 Å². The van der Waals surface area contributed by atoms with Crippen LogP contribution in [0.5, 0.6) is 0 Å². The molecule has 0 spiro atoms. The number of rotatable bonds is 3. The zero-order valence-electron chi connectivity index (χ0n) is 12.2. The van der Waals surface area contributed by atoms with Crippen molar-refractivity contribution >= 4 is 65.6 Å². The molecule has 0 unspecified atom stereocenters. The number of carbonyl (C=O) groups excluding carboxylic acids is 1. The first-order valence-electron chi connectivity index (χ1n) is 6.62. The van der Waals surface area contributed by atoms with Crippen LogP contribution in [0.4, 0.5) is 5.13 Å². The van der Waals surface area contributed by atoms with E-state index in [-0.39, 0.29) is 4.90 Å². The van der Waals surface area contributed by atoms with Crippen molar-refractivity contribution in [2.24, 2.45) is 0 Å². The molecule has 0 aliphatic rings. The summed E-state index contributed by atoms with van der Waals surface area (Å²) in [7, 11) is -3.30. The first-order chi connectivity index (χ1) is 11.3. The van der Waals surface area contributed by atoms with Gasteiger partial charge in [-0.25, -0.2) is 13.4 Å². The van der Waals surface area contributed by atoms with E-state index < -0.39 is 15.7 Å². The summed E-state index contributed by atoms with van der Waals surface area (Å²) in [6.45, 7) is 0. The number of nitrogens with one attached hydrogen (secondary N) is 1. The molecule has 0 bridgehead atoms. The van der Waals surface area contributed by atoms with Crippen molar-refractivity contribution in [2.45, 2.75) is 4.90 Å². The fourth-order valence-electron chi connectivity index (χ4n) is 2.01. The summed E-state index contributed by atoms with van der Waals surface area (Å²) in [5.74, 6) is -0.392. The van der Waals surface area contributed by atoms with Crippen LogP contribution in [-0.2, 0) is 9.84 Å². The van der Waals surface area contributed by atoms with Gasteiger partial charge in [-0.1, -0.05) is 34.5 Å². The average molecular weight is 401 g/mol. The number of halogens is 2. The zero-order valence-corrected chi connectivity index (χ0v) is 15.4. The van der Waals surface area contributed by atoms with Crippen molar-refractivity contribution < 1.29 is 13.2 Å². The predicted molar refractivity (Wildman–Crippen MR) is 97.1 cm³/mol. The van der Waals surface area contributed by atoms with Crippen LogP contribution in [0.1, 0.15) is 10.4 Å². The molecule has 0 aliphatic carbocycles. The number of nitrogens with zero attached hydrogens (tertiary/aromatic N) is 1. The summed E-state index contributed by atoms with van der Waals surface area (Å²) in [5, 5.41) is 3.78. The van der Waals surface area contributed by atoms with Gasteiger partial charge in [-0.3, -0.25) is 10.1 Å². The Morgan fingerprint density at radius 3 is 2.42 bits per heavy atom. The summed E-state index contributed by atoms with van der Waals surface area (Å²) < 4.78 is 23.7. The van der Waals surface area contributed by atoms with Gasteiger partial charge < -0.3 is 0 Å². The molecule has 0 fully saturated rings. The lowest BCUT2D eigenvalue weighted by atomic mass is 10.2. The minimum atomic E-state index is -3.30. The molecule has 0 radical (unpaired) electrons. The molecule has 3 rings (SSSR count). The smallest absolute Gasteiger partial charge is 0.257 e. The lowest BCUT2D eigenvalue weighted by Gasteiger charge is -2.03. The molecular formula is C15H10Cl2N2O3S2. The molecule has 2 aromatic carbocycles. The molecule has 1 aromatic heterocycles. The number of anilines is 1. The number of hydrogen-bond donors (Lipinski definition) is 1. The van der Waals surface area contributed by atoms with E-state index in [1.54, 1.807) is 12.1 Å². The van der Waals surface area contributed by atoms with Crippen LogP contribution < -0.4 is 5.32 Å². The fraction of sp³-hybridized carbons (Fsp3) is 0.0667. The normalized spacial score (nSPS) is 11.6. The highest BCUT2D eigenvalue weighted by atomic mass is 35.5. The lowest BCUT2D eigenvalue weighted by Crippen LogP contribution is -2.11. The van der Waals surface area contributed by atoms with Gasteiger partial charge in [-0.05, 0) is 36.4 Å². The number of hydrogen-bond acceptors (Lipinski definition) is 5. The van der Waals surface area contributed by atoms with Gasteiger partial charge in [0.15, 0.2) is 15.0 Å². The minimum Gasteiger partial charge on any atom is -0.298 e. The Labute approximate surface area is 152 Å². The number of carbonyl (C=O) groups is 1. The molecule has 0 aliphatic heterocycles. The molecule has 1 heterocycles. The largest absolute Gasteiger partial charge is 0.298 e. The van der Waals surface area contributed by atoms with Gasteiger partial charge in [0.25, 0.3) is 5.91 Å². The van der Waals surface area contributed by atoms with Crippen LogP contribution in [0.3, 0.4) is 0 Å². The molecule has 9 heteroatoms. The minimum absolute atomic E-state index is 0.153. The van der Waals surface area contributed by atoms with E-state index in [1.165, 1.54) is 35.6 Å². The average Bonchev–Trinajstić information content (AvgIpc) is 2.94. The molecular weight excluding hydrogens is 391 g/mol. The summed E-state index contributed by atoms with van der Waals surface area (Å²) in [4.78, 5) is 16.7. The maximum atomic E-state index is 12.3.